The highest BCUT2D eigenvalue weighted by atomic mass is 19.1. The zero-order valence-corrected chi connectivity index (χ0v) is 11.4. The Balaban J connectivity index is 2.52. The van der Waals surface area contributed by atoms with Crippen molar-refractivity contribution in [3.05, 3.63) is 64.7 Å². The van der Waals surface area contributed by atoms with Crippen LogP contribution in [0.4, 0.5) is 4.39 Å². The zero-order valence-electron chi connectivity index (χ0n) is 11.4. The molecule has 1 atom stereocenters. The molecule has 1 heterocycles. The standard InChI is InChI=1S/C16H18FNO/c1-4-16(19,15-8-7-14(17)10-18-15)13-6-5-11(2)12(3)9-13/h5-10,19H,4H2,1-3H3. The van der Waals surface area contributed by atoms with Crippen LogP contribution in [-0.2, 0) is 5.60 Å². The molecule has 1 unspecified atom stereocenters. The Bertz CT molecular complexity index is 580. The largest absolute Gasteiger partial charge is 0.379 e. The second-order valence-electron chi connectivity index (χ2n) is 4.87. The fourth-order valence-corrected chi connectivity index (χ4v) is 2.15. The third-order valence-corrected chi connectivity index (χ3v) is 3.65. The number of hydrogen-bond acceptors (Lipinski definition) is 2. The van der Waals surface area contributed by atoms with Gasteiger partial charge in [0.15, 0.2) is 0 Å². The van der Waals surface area contributed by atoms with Crippen molar-refractivity contribution in [1.82, 2.24) is 4.98 Å². The van der Waals surface area contributed by atoms with Crippen LogP contribution in [0.15, 0.2) is 36.5 Å². The second kappa shape index (κ2) is 5.10. The molecule has 3 heteroatoms. The first-order valence-corrected chi connectivity index (χ1v) is 6.39. The highest BCUT2D eigenvalue weighted by molar-refractivity contribution is 5.37. The van der Waals surface area contributed by atoms with E-state index in [0.29, 0.717) is 12.1 Å². The van der Waals surface area contributed by atoms with Gasteiger partial charge in [-0.1, -0.05) is 25.1 Å². The minimum Gasteiger partial charge on any atom is -0.379 e. The van der Waals surface area contributed by atoms with Crippen LogP contribution in [0, 0.1) is 19.7 Å². The van der Waals surface area contributed by atoms with Gasteiger partial charge in [0.05, 0.1) is 11.9 Å². The van der Waals surface area contributed by atoms with Gasteiger partial charge < -0.3 is 5.11 Å². The van der Waals surface area contributed by atoms with Gasteiger partial charge in [0.25, 0.3) is 0 Å². The summed E-state index contributed by atoms with van der Waals surface area (Å²) in [5.41, 5.74) is 2.38. The van der Waals surface area contributed by atoms with E-state index in [1.807, 2.05) is 39.0 Å². The quantitative estimate of drug-likeness (QED) is 0.915. The number of aromatic nitrogens is 1. The molecule has 0 saturated heterocycles. The fraction of sp³-hybridized carbons (Fsp3) is 0.312. The maximum Gasteiger partial charge on any atom is 0.141 e. The number of benzene rings is 1. The summed E-state index contributed by atoms with van der Waals surface area (Å²) in [4.78, 5) is 4.02. The summed E-state index contributed by atoms with van der Waals surface area (Å²) in [6.07, 6.45) is 1.62. The van der Waals surface area contributed by atoms with Crippen molar-refractivity contribution in [2.24, 2.45) is 0 Å². The van der Waals surface area contributed by atoms with Gasteiger partial charge in [0.2, 0.25) is 0 Å². The molecular weight excluding hydrogens is 241 g/mol. The molecule has 2 nitrogen and oxygen atoms in total. The molecule has 1 N–H and O–H groups in total. The Morgan fingerprint density at radius 1 is 1.16 bits per heavy atom. The molecule has 0 fully saturated rings. The summed E-state index contributed by atoms with van der Waals surface area (Å²) >= 11 is 0. The molecule has 19 heavy (non-hydrogen) atoms. The average Bonchev–Trinajstić information content (AvgIpc) is 2.42. The number of aryl methyl sites for hydroxylation is 2. The van der Waals surface area contributed by atoms with Crippen molar-refractivity contribution in [2.45, 2.75) is 32.8 Å². The van der Waals surface area contributed by atoms with Gasteiger partial charge in [-0.15, -0.1) is 0 Å². The van der Waals surface area contributed by atoms with Gasteiger partial charge >= 0.3 is 0 Å². The molecule has 2 rings (SSSR count). The van der Waals surface area contributed by atoms with Gasteiger partial charge in [-0.2, -0.15) is 0 Å². The molecule has 0 amide bonds. The summed E-state index contributed by atoms with van der Waals surface area (Å²) in [7, 11) is 0. The number of nitrogens with zero attached hydrogens (tertiary/aromatic N) is 1. The Morgan fingerprint density at radius 2 is 1.89 bits per heavy atom. The molecule has 0 bridgehead atoms. The van der Waals surface area contributed by atoms with Crippen molar-refractivity contribution < 1.29 is 9.50 Å². The molecule has 0 saturated carbocycles. The fourth-order valence-electron chi connectivity index (χ4n) is 2.15. The number of rotatable bonds is 3. The topological polar surface area (TPSA) is 33.1 Å². The van der Waals surface area contributed by atoms with Crippen LogP contribution in [0.2, 0.25) is 0 Å². The van der Waals surface area contributed by atoms with Crippen LogP contribution in [0.3, 0.4) is 0 Å². The molecule has 100 valence electrons. The van der Waals surface area contributed by atoms with Gasteiger partial charge in [0, 0.05) is 0 Å². The summed E-state index contributed by atoms with van der Waals surface area (Å²) in [6.45, 7) is 5.92. The average molecular weight is 259 g/mol. The van der Waals surface area contributed by atoms with E-state index in [2.05, 4.69) is 4.98 Å². The highest BCUT2D eigenvalue weighted by Gasteiger charge is 2.31. The molecular formula is C16H18FNO. The van der Waals surface area contributed by atoms with Crippen LogP contribution < -0.4 is 0 Å². The van der Waals surface area contributed by atoms with Crippen molar-refractivity contribution in [1.29, 1.82) is 0 Å². The van der Waals surface area contributed by atoms with Crippen molar-refractivity contribution in [3.8, 4) is 0 Å². The third kappa shape index (κ3) is 2.51. The van der Waals surface area contributed by atoms with Crippen molar-refractivity contribution in [2.75, 3.05) is 0 Å². The van der Waals surface area contributed by atoms with Gasteiger partial charge in [-0.3, -0.25) is 4.98 Å². The monoisotopic (exact) mass is 259 g/mol. The Hall–Kier alpha value is -1.74. The first-order chi connectivity index (χ1) is 8.97. The molecule has 0 aliphatic rings. The molecule has 0 aliphatic heterocycles. The SMILES string of the molecule is CCC(O)(c1ccc(C)c(C)c1)c1ccc(F)cn1. The molecule has 0 aliphatic carbocycles. The van der Waals surface area contributed by atoms with Gasteiger partial charge in [0.1, 0.15) is 11.4 Å². The number of hydrogen-bond donors (Lipinski definition) is 1. The number of halogens is 1. The van der Waals surface area contributed by atoms with Crippen LogP contribution in [0.25, 0.3) is 0 Å². The maximum atomic E-state index is 13.0. The first kappa shape index (κ1) is 13.7. The summed E-state index contributed by atoms with van der Waals surface area (Å²) in [5.74, 6) is -0.401. The normalized spacial score (nSPS) is 14.2. The lowest BCUT2D eigenvalue weighted by Crippen LogP contribution is -2.27. The Morgan fingerprint density at radius 3 is 2.42 bits per heavy atom. The molecule has 0 spiro atoms. The summed E-state index contributed by atoms with van der Waals surface area (Å²) in [6, 6.07) is 8.70. The van der Waals surface area contributed by atoms with E-state index in [1.54, 1.807) is 0 Å². The van der Waals surface area contributed by atoms with Crippen molar-refractivity contribution in [3.63, 3.8) is 0 Å². The van der Waals surface area contributed by atoms with E-state index >= 15 is 0 Å². The van der Waals surface area contributed by atoms with Gasteiger partial charge in [-0.05, 0) is 49.1 Å². The number of aliphatic hydroxyl groups is 1. The van der Waals surface area contributed by atoms with E-state index in [0.717, 1.165) is 17.3 Å². The van der Waals surface area contributed by atoms with Crippen LogP contribution in [0.5, 0.6) is 0 Å². The van der Waals surface area contributed by atoms with E-state index in [1.165, 1.54) is 17.7 Å². The van der Waals surface area contributed by atoms with Crippen LogP contribution in [0.1, 0.15) is 35.7 Å². The smallest absolute Gasteiger partial charge is 0.141 e. The number of pyridine rings is 1. The van der Waals surface area contributed by atoms with E-state index < -0.39 is 11.4 Å². The van der Waals surface area contributed by atoms with Gasteiger partial charge in [-0.25, -0.2) is 4.39 Å². The lowest BCUT2D eigenvalue weighted by molar-refractivity contribution is 0.0717. The molecule has 1 aromatic heterocycles. The minimum absolute atomic E-state index is 0.401. The zero-order chi connectivity index (χ0) is 14.0. The summed E-state index contributed by atoms with van der Waals surface area (Å²) in [5, 5.41) is 10.9. The van der Waals surface area contributed by atoms with Crippen LogP contribution in [-0.4, -0.2) is 10.1 Å². The highest BCUT2D eigenvalue weighted by Crippen LogP contribution is 2.32. The molecule has 0 radical (unpaired) electrons. The second-order valence-corrected chi connectivity index (χ2v) is 4.87. The lowest BCUT2D eigenvalue weighted by Gasteiger charge is -2.27. The third-order valence-electron chi connectivity index (χ3n) is 3.65. The summed E-state index contributed by atoms with van der Waals surface area (Å²) < 4.78 is 13.0. The maximum absolute atomic E-state index is 13.0. The first-order valence-electron chi connectivity index (χ1n) is 6.39. The molecule has 2 aromatic rings. The minimum atomic E-state index is -1.17. The van der Waals surface area contributed by atoms with Crippen LogP contribution >= 0.6 is 0 Å². The van der Waals surface area contributed by atoms with E-state index in [9.17, 15) is 9.50 Å². The Kier molecular flexibility index (Phi) is 3.67. The van der Waals surface area contributed by atoms with E-state index in [-0.39, 0.29) is 0 Å². The lowest BCUT2D eigenvalue weighted by atomic mass is 9.86. The van der Waals surface area contributed by atoms with E-state index in [4.69, 9.17) is 0 Å². The Labute approximate surface area is 112 Å². The molecule has 1 aromatic carbocycles. The predicted molar refractivity (Wildman–Crippen MR) is 73.4 cm³/mol. The predicted octanol–water partition coefficient (Wildman–Crippen LogP) is 3.48. The van der Waals surface area contributed by atoms with Crippen molar-refractivity contribution >= 4 is 0 Å².